The zero-order chi connectivity index (χ0) is 22.5. The van der Waals surface area contributed by atoms with Gasteiger partial charge < -0.3 is 15.1 Å². The first-order chi connectivity index (χ1) is 16.1. The highest BCUT2D eigenvalue weighted by molar-refractivity contribution is 7.10. The molecule has 4 aromatic rings. The van der Waals surface area contributed by atoms with Gasteiger partial charge in [0.15, 0.2) is 5.43 Å². The Morgan fingerprint density at radius 2 is 1.88 bits per heavy atom. The third-order valence-electron chi connectivity index (χ3n) is 6.53. The Bertz CT molecular complexity index is 1470. The minimum absolute atomic E-state index is 0.0258. The van der Waals surface area contributed by atoms with E-state index in [1.807, 2.05) is 60.8 Å². The van der Waals surface area contributed by atoms with E-state index in [1.54, 1.807) is 11.3 Å². The van der Waals surface area contributed by atoms with E-state index in [-0.39, 0.29) is 17.1 Å². The van der Waals surface area contributed by atoms with Crippen LogP contribution in [0.5, 0.6) is 0 Å². The lowest BCUT2D eigenvalue weighted by Gasteiger charge is -2.31. The molecule has 164 valence electrons. The van der Waals surface area contributed by atoms with Gasteiger partial charge in [0.2, 0.25) is 0 Å². The zero-order valence-electron chi connectivity index (χ0n) is 18.0. The number of rotatable bonds is 2. The van der Waals surface area contributed by atoms with E-state index in [0.29, 0.717) is 23.0 Å². The third kappa shape index (κ3) is 3.38. The fourth-order valence-electron chi connectivity index (χ4n) is 4.92. The van der Waals surface area contributed by atoms with Gasteiger partial charge in [-0.2, -0.15) is 0 Å². The molecular weight excluding hydrogens is 432 g/mol. The maximum absolute atomic E-state index is 13.6. The molecule has 2 aromatic carbocycles. The van der Waals surface area contributed by atoms with E-state index in [2.05, 4.69) is 22.8 Å². The number of thiophene rings is 1. The number of fused-ring (bicyclic) bond motifs is 3. The van der Waals surface area contributed by atoms with E-state index in [1.165, 1.54) is 11.1 Å². The molecule has 0 bridgehead atoms. The summed E-state index contributed by atoms with van der Waals surface area (Å²) in [5, 5.41) is 9.56. The lowest BCUT2D eigenvalue weighted by Crippen LogP contribution is -2.35. The molecule has 0 saturated carbocycles. The molecular formula is C27H22N2O3S. The highest BCUT2D eigenvalue weighted by Crippen LogP contribution is 2.44. The summed E-state index contributed by atoms with van der Waals surface area (Å²) >= 11 is 1.66. The molecule has 0 fully saturated rings. The molecule has 0 radical (unpaired) electrons. The monoisotopic (exact) mass is 454 g/mol. The summed E-state index contributed by atoms with van der Waals surface area (Å²) in [6, 6.07) is 17.0. The summed E-state index contributed by atoms with van der Waals surface area (Å²) in [7, 11) is 0. The van der Waals surface area contributed by atoms with E-state index in [0.717, 1.165) is 22.6 Å². The first kappa shape index (κ1) is 20.0. The molecule has 1 aliphatic carbocycles. The number of hydrogen-bond donors (Lipinski definition) is 2. The van der Waals surface area contributed by atoms with E-state index >= 15 is 0 Å². The number of aryl methyl sites for hydroxylation is 1. The van der Waals surface area contributed by atoms with Gasteiger partial charge in [-0.25, -0.2) is 0 Å². The molecule has 6 heteroatoms. The standard InChI is InChI=1S/C27H22N2O3S/c1-15-8-9-23-17(11-15)27(31)18(14-32-23)26-25-21(28-19-5-2-3-6-20(19)29-26)12-16(13-22(25)30)24-7-4-10-33-24/h2-12,14,16,25-26,28-29H,13H2,1H3. The number of carbonyl (C=O) groups excluding carboxylic acids is 1. The molecule has 2 N–H and O–H groups in total. The number of carbonyl (C=O) groups is 1. The lowest BCUT2D eigenvalue weighted by molar-refractivity contribution is -0.122. The minimum atomic E-state index is -0.537. The molecule has 3 unspecified atom stereocenters. The second kappa shape index (κ2) is 7.74. The van der Waals surface area contributed by atoms with Gasteiger partial charge in [-0.1, -0.05) is 35.9 Å². The lowest BCUT2D eigenvalue weighted by atomic mass is 9.78. The second-order valence-electron chi connectivity index (χ2n) is 8.70. The maximum Gasteiger partial charge on any atom is 0.197 e. The Balaban J connectivity index is 1.54. The largest absolute Gasteiger partial charge is 0.464 e. The van der Waals surface area contributed by atoms with Crippen molar-refractivity contribution in [2.75, 3.05) is 10.6 Å². The third-order valence-corrected chi connectivity index (χ3v) is 7.54. The summed E-state index contributed by atoms with van der Waals surface area (Å²) in [5.74, 6) is -0.385. The van der Waals surface area contributed by atoms with Gasteiger partial charge in [0.1, 0.15) is 17.6 Å². The average molecular weight is 455 g/mol. The van der Waals surface area contributed by atoms with Crippen LogP contribution in [0.25, 0.3) is 11.0 Å². The molecule has 2 aliphatic rings. The number of nitrogens with one attached hydrogen (secondary N) is 2. The van der Waals surface area contributed by atoms with Crippen molar-refractivity contribution in [3.05, 3.63) is 104 Å². The number of allylic oxidation sites excluding steroid dienone is 1. The Morgan fingerprint density at radius 1 is 1.03 bits per heavy atom. The predicted molar refractivity (Wildman–Crippen MR) is 132 cm³/mol. The highest BCUT2D eigenvalue weighted by atomic mass is 32.1. The minimum Gasteiger partial charge on any atom is -0.464 e. The number of Topliss-reactive ketones (excluding diaryl/α,β-unsaturated/α-hetero) is 1. The van der Waals surface area contributed by atoms with Crippen LogP contribution in [0, 0.1) is 12.8 Å². The molecule has 0 spiro atoms. The van der Waals surface area contributed by atoms with Crippen LogP contribution in [0.2, 0.25) is 0 Å². The van der Waals surface area contributed by atoms with E-state index in [4.69, 9.17) is 4.42 Å². The van der Waals surface area contributed by atoms with Crippen LogP contribution < -0.4 is 16.1 Å². The van der Waals surface area contributed by atoms with Gasteiger partial charge in [-0.3, -0.25) is 9.59 Å². The van der Waals surface area contributed by atoms with Crippen LogP contribution in [0.15, 0.2) is 87.2 Å². The Morgan fingerprint density at radius 3 is 2.70 bits per heavy atom. The van der Waals surface area contributed by atoms with Crippen molar-refractivity contribution in [2.45, 2.75) is 25.3 Å². The van der Waals surface area contributed by atoms with Gasteiger partial charge in [0, 0.05) is 22.9 Å². The van der Waals surface area contributed by atoms with Crippen molar-refractivity contribution in [1.82, 2.24) is 0 Å². The number of anilines is 2. The molecule has 33 heavy (non-hydrogen) atoms. The SMILES string of the molecule is Cc1ccc2occ(C3Nc4ccccc4NC4=CC(c5cccs5)CC(=O)C43)c(=O)c2c1. The molecule has 6 rings (SSSR count). The fraction of sp³-hybridized carbons (Fsp3) is 0.185. The Kier molecular flexibility index (Phi) is 4.69. The van der Waals surface area contributed by atoms with Crippen molar-refractivity contribution in [1.29, 1.82) is 0 Å². The van der Waals surface area contributed by atoms with Crippen molar-refractivity contribution < 1.29 is 9.21 Å². The smallest absolute Gasteiger partial charge is 0.197 e. The summed E-state index contributed by atoms with van der Waals surface area (Å²) in [6.07, 6.45) is 4.08. The summed E-state index contributed by atoms with van der Waals surface area (Å²) in [4.78, 5) is 28.4. The number of hydrogen-bond acceptors (Lipinski definition) is 6. The van der Waals surface area contributed by atoms with Crippen molar-refractivity contribution in [3.8, 4) is 0 Å². The molecule has 2 aromatic heterocycles. The van der Waals surface area contributed by atoms with Crippen LogP contribution in [0.3, 0.4) is 0 Å². The summed E-state index contributed by atoms with van der Waals surface area (Å²) in [6.45, 7) is 1.95. The molecule has 3 heterocycles. The summed E-state index contributed by atoms with van der Waals surface area (Å²) < 4.78 is 5.87. The Hall–Kier alpha value is -3.64. The number of ketones is 1. The van der Waals surface area contributed by atoms with E-state index in [9.17, 15) is 9.59 Å². The topological polar surface area (TPSA) is 71.3 Å². The second-order valence-corrected chi connectivity index (χ2v) is 9.68. The first-order valence-electron chi connectivity index (χ1n) is 11.0. The predicted octanol–water partition coefficient (Wildman–Crippen LogP) is 6.00. The van der Waals surface area contributed by atoms with Crippen molar-refractivity contribution >= 4 is 39.5 Å². The molecule has 3 atom stereocenters. The normalized spacial score (nSPS) is 21.9. The molecule has 0 saturated heterocycles. The molecule has 5 nitrogen and oxygen atoms in total. The maximum atomic E-state index is 13.6. The van der Waals surface area contributed by atoms with E-state index < -0.39 is 12.0 Å². The molecule has 1 aliphatic heterocycles. The Labute approximate surface area is 194 Å². The zero-order valence-corrected chi connectivity index (χ0v) is 18.8. The summed E-state index contributed by atoms with van der Waals surface area (Å²) in [5.41, 5.74) is 4.45. The fourth-order valence-corrected chi connectivity index (χ4v) is 5.72. The molecule has 0 amide bonds. The first-order valence-corrected chi connectivity index (χ1v) is 11.9. The quantitative estimate of drug-likeness (QED) is 0.389. The number of para-hydroxylation sites is 2. The van der Waals surface area contributed by atoms with Gasteiger partial charge in [-0.15, -0.1) is 11.3 Å². The van der Waals surface area contributed by atoms with Gasteiger partial charge in [0.25, 0.3) is 0 Å². The highest BCUT2D eigenvalue weighted by Gasteiger charge is 2.41. The van der Waals surface area contributed by atoms with Crippen LogP contribution in [-0.4, -0.2) is 5.78 Å². The van der Waals surface area contributed by atoms with Crippen LogP contribution >= 0.6 is 11.3 Å². The van der Waals surface area contributed by atoms with Crippen LogP contribution in [-0.2, 0) is 4.79 Å². The van der Waals surface area contributed by atoms with Crippen molar-refractivity contribution in [3.63, 3.8) is 0 Å². The van der Waals surface area contributed by atoms with Crippen molar-refractivity contribution in [2.24, 2.45) is 5.92 Å². The number of benzene rings is 2. The van der Waals surface area contributed by atoms with Crippen LogP contribution in [0.4, 0.5) is 11.4 Å². The van der Waals surface area contributed by atoms with Gasteiger partial charge in [-0.05, 0) is 42.6 Å². The van der Waals surface area contributed by atoms with Gasteiger partial charge in [0.05, 0.1) is 34.3 Å². The van der Waals surface area contributed by atoms with Gasteiger partial charge >= 0.3 is 0 Å². The average Bonchev–Trinajstić information content (AvgIpc) is 3.29. The van der Waals surface area contributed by atoms with Crippen LogP contribution in [0.1, 0.15) is 34.4 Å².